The Hall–Kier alpha value is -4.69. The molecule has 5 aromatic heterocycles. The minimum Gasteiger partial charge on any atom is -0.481 e. The van der Waals surface area contributed by atoms with Gasteiger partial charge < -0.3 is 4.74 Å². The van der Waals surface area contributed by atoms with Crippen LogP contribution in [-0.4, -0.2) is 72.5 Å². The lowest BCUT2D eigenvalue weighted by Crippen LogP contribution is -2.50. The van der Waals surface area contributed by atoms with Crippen LogP contribution >= 0.6 is 0 Å². The summed E-state index contributed by atoms with van der Waals surface area (Å²) in [6.45, 7) is 4.40. The summed E-state index contributed by atoms with van der Waals surface area (Å²) < 4.78 is 8.69. The molecule has 0 saturated carbocycles. The van der Waals surface area contributed by atoms with Crippen molar-refractivity contribution >= 4 is 5.52 Å². The van der Waals surface area contributed by atoms with Gasteiger partial charge in [-0.1, -0.05) is 6.07 Å². The predicted octanol–water partition coefficient (Wildman–Crippen LogP) is 2.33. The van der Waals surface area contributed by atoms with Crippen LogP contribution in [0.3, 0.4) is 0 Å². The molecule has 0 atom stereocenters. The van der Waals surface area contributed by atoms with Gasteiger partial charge in [0.15, 0.2) is 0 Å². The van der Waals surface area contributed by atoms with Gasteiger partial charge in [-0.2, -0.15) is 25.3 Å². The molecule has 186 valence electrons. The Kier molecular flexibility index (Phi) is 5.78. The highest BCUT2D eigenvalue weighted by molar-refractivity contribution is 5.87. The number of nitriles is 1. The molecule has 0 aliphatic carbocycles. The van der Waals surface area contributed by atoms with E-state index in [1.165, 1.54) is 5.56 Å². The fourth-order valence-electron chi connectivity index (χ4n) is 4.74. The molecule has 5 aromatic rings. The first kappa shape index (κ1) is 22.8. The normalized spacial score (nSPS) is 14.2. The minimum absolute atomic E-state index is 0.530. The van der Waals surface area contributed by atoms with Crippen LogP contribution in [0.15, 0.2) is 61.6 Å². The smallest absolute Gasteiger partial charge is 0.212 e. The Labute approximate surface area is 213 Å². The Morgan fingerprint density at radius 2 is 1.76 bits per heavy atom. The average Bonchev–Trinajstić information content (AvgIpc) is 3.69. The van der Waals surface area contributed by atoms with Gasteiger partial charge in [-0.05, 0) is 11.6 Å². The van der Waals surface area contributed by atoms with Crippen molar-refractivity contribution in [3.63, 3.8) is 0 Å². The molecule has 0 N–H and O–H groups in total. The largest absolute Gasteiger partial charge is 0.481 e. The highest BCUT2D eigenvalue weighted by Gasteiger charge is 2.20. The van der Waals surface area contributed by atoms with Gasteiger partial charge in [-0.15, -0.1) is 0 Å². The monoisotopic (exact) mass is 494 g/mol. The number of hydrogen-bond donors (Lipinski definition) is 0. The van der Waals surface area contributed by atoms with Crippen molar-refractivity contribution in [1.29, 1.82) is 5.26 Å². The first-order valence-corrected chi connectivity index (χ1v) is 12.0. The molecule has 0 spiro atoms. The van der Waals surface area contributed by atoms with Crippen LogP contribution in [0.1, 0.15) is 11.1 Å². The number of rotatable bonds is 6. The molecular weight excluding hydrogens is 468 g/mol. The molecule has 1 aliphatic rings. The standard InChI is InChI=1S/C26H26N10O/c1-32-16-22(13-29-32)20-9-24(26-21(10-27)12-30-35(26)17-20)23-14-31-36(18-23)34-7-5-33(6-8-34)15-19-3-4-25(37-2)28-11-19/h3-4,9,11-14,16-18H,5-8,15H2,1-2H3. The van der Waals surface area contributed by atoms with Gasteiger partial charge in [0, 0.05) is 86.7 Å². The maximum absolute atomic E-state index is 9.69. The van der Waals surface area contributed by atoms with E-state index in [0.717, 1.165) is 60.5 Å². The molecule has 0 bridgehead atoms. The van der Waals surface area contributed by atoms with E-state index in [4.69, 9.17) is 4.74 Å². The van der Waals surface area contributed by atoms with Crippen molar-refractivity contribution < 1.29 is 4.74 Å². The van der Waals surface area contributed by atoms with Crippen molar-refractivity contribution in [2.75, 3.05) is 38.3 Å². The number of piperazine rings is 1. The van der Waals surface area contributed by atoms with Crippen molar-refractivity contribution in [2.45, 2.75) is 6.54 Å². The van der Waals surface area contributed by atoms with Crippen molar-refractivity contribution in [3.05, 3.63) is 72.7 Å². The number of pyridine rings is 2. The van der Waals surface area contributed by atoms with Gasteiger partial charge in [0.2, 0.25) is 5.88 Å². The number of aromatic nitrogens is 7. The molecule has 6 heterocycles. The van der Waals surface area contributed by atoms with E-state index in [9.17, 15) is 5.26 Å². The fraction of sp³-hybridized carbons (Fsp3) is 0.269. The Balaban J connectivity index is 1.23. The van der Waals surface area contributed by atoms with Gasteiger partial charge in [0.25, 0.3) is 0 Å². The number of nitrogens with zero attached hydrogens (tertiary/aromatic N) is 10. The Bertz CT molecular complexity index is 1580. The quantitative estimate of drug-likeness (QED) is 0.354. The van der Waals surface area contributed by atoms with Crippen LogP contribution in [0, 0.1) is 11.3 Å². The summed E-state index contributed by atoms with van der Waals surface area (Å²) in [6.07, 6.45) is 13.1. The molecule has 0 unspecified atom stereocenters. The molecule has 0 radical (unpaired) electrons. The highest BCUT2D eigenvalue weighted by Crippen LogP contribution is 2.31. The van der Waals surface area contributed by atoms with Crippen LogP contribution in [0.4, 0.5) is 0 Å². The zero-order chi connectivity index (χ0) is 25.4. The van der Waals surface area contributed by atoms with Crippen LogP contribution in [0.25, 0.3) is 27.8 Å². The zero-order valence-corrected chi connectivity index (χ0v) is 20.7. The lowest BCUT2D eigenvalue weighted by molar-refractivity contribution is 0.228. The van der Waals surface area contributed by atoms with Crippen LogP contribution in [-0.2, 0) is 13.6 Å². The summed E-state index contributed by atoms with van der Waals surface area (Å²) in [4.78, 5) is 8.64. The number of hydrogen-bond acceptors (Lipinski definition) is 8. The summed E-state index contributed by atoms with van der Waals surface area (Å²) in [5, 5.41) is 25.3. The molecule has 0 aromatic carbocycles. The predicted molar refractivity (Wildman–Crippen MR) is 137 cm³/mol. The molecular formula is C26H26N10O. The first-order chi connectivity index (χ1) is 18.1. The zero-order valence-electron chi connectivity index (χ0n) is 20.7. The molecule has 11 heteroatoms. The van der Waals surface area contributed by atoms with E-state index in [2.05, 4.69) is 48.4 Å². The third kappa shape index (κ3) is 4.39. The van der Waals surface area contributed by atoms with Gasteiger partial charge in [0.1, 0.15) is 6.07 Å². The van der Waals surface area contributed by atoms with Crippen LogP contribution in [0.2, 0.25) is 0 Å². The molecule has 1 saturated heterocycles. The number of fused-ring (bicyclic) bond motifs is 1. The lowest BCUT2D eigenvalue weighted by Gasteiger charge is -2.35. The lowest BCUT2D eigenvalue weighted by atomic mass is 10.0. The van der Waals surface area contributed by atoms with Crippen molar-refractivity contribution in [1.82, 2.24) is 39.2 Å². The molecule has 11 nitrogen and oxygen atoms in total. The van der Waals surface area contributed by atoms with E-state index in [0.29, 0.717) is 11.4 Å². The molecule has 37 heavy (non-hydrogen) atoms. The third-order valence-corrected chi connectivity index (χ3v) is 6.70. The van der Waals surface area contributed by atoms with Gasteiger partial charge in [-0.3, -0.25) is 14.6 Å². The molecule has 1 aliphatic heterocycles. The maximum Gasteiger partial charge on any atom is 0.212 e. The fourth-order valence-corrected chi connectivity index (χ4v) is 4.74. The van der Waals surface area contributed by atoms with E-state index in [1.807, 2.05) is 55.1 Å². The van der Waals surface area contributed by atoms with Crippen molar-refractivity contribution in [2.24, 2.45) is 7.05 Å². The Morgan fingerprint density at radius 1 is 0.919 bits per heavy atom. The number of ether oxygens (including phenoxy) is 1. The third-order valence-electron chi connectivity index (χ3n) is 6.70. The summed E-state index contributed by atoms with van der Waals surface area (Å²) in [6, 6.07) is 8.31. The SMILES string of the molecule is COc1ccc(CN2CCN(n3cc(-c4cc(-c5cnn(C)c5)cn5ncc(C#N)c45)cn3)CC2)cn1. The summed E-state index contributed by atoms with van der Waals surface area (Å²) in [5.74, 6) is 0.629. The minimum atomic E-state index is 0.530. The van der Waals surface area contributed by atoms with Crippen molar-refractivity contribution in [3.8, 4) is 34.2 Å². The van der Waals surface area contributed by atoms with E-state index >= 15 is 0 Å². The van der Waals surface area contributed by atoms with E-state index in [1.54, 1.807) is 22.5 Å². The second-order valence-electron chi connectivity index (χ2n) is 9.10. The average molecular weight is 495 g/mol. The molecule has 6 rings (SSSR count). The number of methoxy groups -OCH3 is 1. The maximum atomic E-state index is 9.69. The van der Waals surface area contributed by atoms with Gasteiger partial charge in [-0.25, -0.2) is 9.50 Å². The number of aryl methyl sites for hydroxylation is 1. The second kappa shape index (κ2) is 9.40. The summed E-state index contributed by atoms with van der Waals surface area (Å²) in [7, 11) is 3.52. The molecule has 0 amide bonds. The molecule has 1 fully saturated rings. The van der Waals surface area contributed by atoms with E-state index < -0.39 is 0 Å². The Morgan fingerprint density at radius 3 is 2.46 bits per heavy atom. The van der Waals surface area contributed by atoms with E-state index in [-0.39, 0.29) is 0 Å². The second-order valence-corrected chi connectivity index (χ2v) is 9.10. The summed E-state index contributed by atoms with van der Waals surface area (Å²) in [5.41, 5.74) is 6.26. The summed E-state index contributed by atoms with van der Waals surface area (Å²) >= 11 is 0. The van der Waals surface area contributed by atoms with Gasteiger partial charge in [0.05, 0.1) is 43.0 Å². The topological polar surface area (TPSA) is 105 Å². The highest BCUT2D eigenvalue weighted by atomic mass is 16.5. The first-order valence-electron chi connectivity index (χ1n) is 12.0. The van der Waals surface area contributed by atoms with Gasteiger partial charge >= 0.3 is 0 Å². The van der Waals surface area contributed by atoms with Crippen LogP contribution < -0.4 is 9.75 Å². The van der Waals surface area contributed by atoms with Crippen LogP contribution in [0.5, 0.6) is 5.88 Å².